The van der Waals surface area contributed by atoms with Crippen molar-refractivity contribution in [3.63, 3.8) is 0 Å². The van der Waals surface area contributed by atoms with Gasteiger partial charge in [-0.1, -0.05) is 54.2 Å². The van der Waals surface area contributed by atoms with Crippen molar-refractivity contribution in [2.45, 2.75) is 50.7 Å². The molecule has 11 heavy (non-hydrogen) atoms. The lowest BCUT2D eigenvalue weighted by Crippen LogP contribution is -1.96. The lowest BCUT2D eigenvalue weighted by molar-refractivity contribution is 0.615. The van der Waals surface area contributed by atoms with E-state index in [9.17, 15) is 0 Å². The first-order chi connectivity index (χ1) is 5.43. The van der Waals surface area contributed by atoms with Crippen molar-refractivity contribution in [1.29, 1.82) is 0 Å². The smallest absolute Gasteiger partial charge is 0.0159 e. The van der Waals surface area contributed by atoms with E-state index in [2.05, 4.69) is 28.5 Å². The molecule has 1 saturated heterocycles. The highest BCUT2D eigenvalue weighted by Gasteiger charge is 2.15. The third-order valence-electron chi connectivity index (χ3n) is 2.11. The van der Waals surface area contributed by atoms with E-state index in [-0.39, 0.29) is 0 Å². The minimum absolute atomic E-state index is 0.997. The molecule has 0 saturated carbocycles. The summed E-state index contributed by atoms with van der Waals surface area (Å²) in [7, 11) is 4.18. The van der Waals surface area contributed by atoms with Crippen LogP contribution in [0.3, 0.4) is 0 Å². The van der Waals surface area contributed by atoms with Gasteiger partial charge in [0.2, 0.25) is 0 Å². The number of unbranched alkanes of at least 4 members (excludes halogenated alkanes) is 3. The van der Waals surface area contributed by atoms with Crippen LogP contribution < -0.4 is 0 Å². The molecule has 0 radical (unpaired) electrons. The summed E-state index contributed by atoms with van der Waals surface area (Å²) in [6, 6.07) is 0. The fraction of sp³-hybridized carbons (Fsp3) is 1.00. The van der Waals surface area contributed by atoms with E-state index in [1.807, 2.05) is 0 Å². The molecule has 1 fully saturated rings. The quantitative estimate of drug-likeness (QED) is 0.472. The molecule has 2 heteroatoms. The highest BCUT2D eigenvalue weighted by atomic mass is 33.1. The van der Waals surface area contributed by atoms with E-state index in [0.29, 0.717) is 0 Å². The molecular formula is C9H18S2. The first-order valence-corrected chi connectivity index (χ1v) is 7.10. The normalized spacial score (nSPS) is 24.3. The summed E-state index contributed by atoms with van der Waals surface area (Å²) in [5, 5.41) is 0.997. The highest BCUT2D eigenvalue weighted by molar-refractivity contribution is 8.77. The van der Waals surface area contributed by atoms with E-state index < -0.39 is 0 Å². The summed E-state index contributed by atoms with van der Waals surface area (Å²) in [4.78, 5) is 0. The Labute approximate surface area is 78.3 Å². The Bertz CT molecular complexity index is 87.6. The molecule has 1 unspecified atom stereocenters. The van der Waals surface area contributed by atoms with Crippen molar-refractivity contribution in [2.24, 2.45) is 0 Å². The summed E-state index contributed by atoms with van der Waals surface area (Å²) in [6.45, 7) is 2.28. The van der Waals surface area contributed by atoms with Gasteiger partial charge in [0.15, 0.2) is 0 Å². The van der Waals surface area contributed by atoms with Gasteiger partial charge in [-0.25, -0.2) is 0 Å². The summed E-state index contributed by atoms with van der Waals surface area (Å²) in [6.07, 6.45) is 8.65. The molecule has 0 N–H and O–H groups in total. The van der Waals surface area contributed by atoms with Gasteiger partial charge in [-0.2, -0.15) is 0 Å². The van der Waals surface area contributed by atoms with Crippen LogP contribution in [0.5, 0.6) is 0 Å². The second kappa shape index (κ2) is 6.24. The van der Waals surface area contributed by atoms with Crippen LogP contribution >= 0.6 is 21.6 Å². The zero-order valence-electron chi connectivity index (χ0n) is 7.34. The van der Waals surface area contributed by atoms with E-state index in [1.54, 1.807) is 0 Å². The van der Waals surface area contributed by atoms with Gasteiger partial charge in [-0.15, -0.1) is 0 Å². The van der Waals surface area contributed by atoms with Crippen molar-refractivity contribution in [1.82, 2.24) is 0 Å². The van der Waals surface area contributed by atoms with Gasteiger partial charge in [0, 0.05) is 11.0 Å². The molecule has 0 nitrogen and oxygen atoms in total. The van der Waals surface area contributed by atoms with E-state index >= 15 is 0 Å². The van der Waals surface area contributed by atoms with Crippen LogP contribution in [0.4, 0.5) is 0 Å². The standard InChI is InChI=1S/C9H18S2/c1-2-3-4-5-6-9-7-8-10-11-9/h9H,2-8H2,1H3. The molecule has 0 aliphatic carbocycles. The number of hydrogen-bond acceptors (Lipinski definition) is 2. The van der Waals surface area contributed by atoms with Gasteiger partial charge in [0.1, 0.15) is 0 Å². The van der Waals surface area contributed by atoms with E-state index in [0.717, 1.165) is 5.25 Å². The number of hydrogen-bond donors (Lipinski definition) is 0. The molecular weight excluding hydrogens is 172 g/mol. The van der Waals surface area contributed by atoms with Gasteiger partial charge in [0.25, 0.3) is 0 Å². The van der Waals surface area contributed by atoms with Gasteiger partial charge in [0.05, 0.1) is 0 Å². The average molecular weight is 190 g/mol. The van der Waals surface area contributed by atoms with Gasteiger partial charge in [-0.05, 0) is 12.8 Å². The molecule has 0 aromatic carbocycles. The first-order valence-electron chi connectivity index (χ1n) is 4.71. The summed E-state index contributed by atoms with van der Waals surface area (Å²) < 4.78 is 0. The fourth-order valence-corrected chi connectivity index (χ4v) is 4.39. The SMILES string of the molecule is CCCCCCC1CCSS1. The molecule has 1 heterocycles. The van der Waals surface area contributed by atoms with Crippen LogP contribution in [0.1, 0.15) is 45.4 Å². The van der Waals surface area contributed by atoms with E-state index in [1.165, 1.54) is 44.3 Å². The zero-order valence-corrected chi connectivity index (χ0v) is 8.98. The molecule has 0 amide bonds. The predicted octanol–water partition coefficient (Wildman–Crippen LogP) is 4.11. The summed E-state index contributed by atoms with van der Waals surface area (Å²) in [5.74, 6) is 1.39. The Kier molecular flexibility index (Phi) is 5.55. The average Bonchev–Trinajstić information content (AvgIpc) is 2.50. The maximum absolute atomic E-state index is 2.28. The molecule has 1 atom stereocenters. The van der Waals surface area contributed by atoms with Crippen LogP contribution in [-0.4, -0.2) is 11.0 Å². The van der Waals surface area contributed by atoms with Crippen molar-refractivity contribution >= 4 is 21.6 Å². The molecule has 0 bridgehead atoms. The maximum atomic E-state index is 2.28. The Morgan fingerprint density at radius 2 is 2.18 bits per heavy atom. The fourth-order valence-electron chi connectivity index (χ4n) is 1.36. The molecule has 1 aliphatic heterocycles. The Morgan fingerprint density at radius 3 is 2.82 bits per heavy atom. The Balaban J connectivity index is 1.86. The molecule has 1 rings (SSSR count). The van der Waals surface area contributed by atoms with Crippen LogP contribution in [0.25, 0.3) is 0 Å². The number of rotatable bonds is 5. The molecule has 1 aliphatic rings. The lowest BCUT2D eigenvalue weighted by Gasteiger charge is -2.05. The van der Waals surface area contributed by atoms with Gasteiger partial charge >= 0.3 is 0 Å². The molecule has 0 spiro atoms. The van der Waals surface area contributed by atoms with Crippen molar-refractivity contribution < 1.29 is 0 Å². The van der Waals surface area contributed by atoms with Crippen molar-refractivity contribution in [3.8, 4) is 0 Å². The van der Waals surface area contributed by atoms with E-state index in [4.69, 9.17) is 0 Å². The molecule has 0 aromatic rings. The Morgan fingerprint density at radius 1 is 1.27 bits per heavy atom. The minimum Gasteiger partial charge on any atom is -0.0938 e. The van der Waals surface area contributed by atoms with Crippen LogP contribution in [0, 0.1) is 0 Å². The Hall–Kier alpha value is 0.700. The van der Waals surface area contributed by atoms with Gasteiger partial charge in [-0.3, -0.25) is 0 Å². The third-order valence-corrected chi connectivity index (χ3v) is 5.11. The van der Waals surface area contributed by atoms with Crippen LogP contribution in [-0.2, 0) is 0 Å². The monoisotopic (exact) mass is 190 g/mol. The second-order valence-electron chi connectivity index (χ2n) is 3.18. The van der Waals surface area contributed by atoms with Crippen molar-refractivity contribution in [2.75, 3.05) is 5.75 Å². The first kappa shape index (κ1) is 9.79. The third kappa shape index (κ3) is 4.32. The topological polar surface area (TPSA) is 0 Å². The van der Waals surface area contributed by atoms with Crippen LogP contribution in [0.2, 0.25) is 0 Å². The highest BCUT2D eigenvalue weighted by Crippen LogP contribution is 2.39. The molecule has 0 aromatic heterocycles. The summed E-state index contributed by atoms with van der Waals surface area (Å²) >= 11 is 0. The molecule has 66 valence electrons. The van der Waals surface area contributed by atoms with Gasteiger partial charge < -0.3 is 0 Å². The second-order valence-corrected chi connectivity index (χ2v) is 5.97. The minimum atomic E-state index is 0.997. The van der Waals surface area contributed by atoms with Crippen molar-refractivity contribution in [3.05, 3.63) is 0 Å². The predicted molar refractivity (Wildman–Crippen MR) is 57.2 cm³/mol. The van der Waals surface area contributed by atoms with Crippen LogP contribution in [0.15, 0.2) is 0 Å². The summed E-state index contributed by atoms with van der Waals surface area (Å²) in [5.41, 5.74) is 0. The zero-order chi connectivity index (χ0) is 7.94. The lowest BCUT2D eigenvalue weighted by atomic mass is 10.1. The largest absolute Gasteiger partial charge is 0.0938 e. The maximum Gasteiger partial charge on any atom is 0.0159 e.